The van der Waals surface area contributed by atoms with Crippen LogP contribution < -0.4 is 0 Å². The maximum Gasteiger partial charge on any atom is 0.156 e. The fourth-order valence-electron chi connectivity index (χ4n) is 1.35. The average Bonchev–Trinajstić information content (AvgIpc) is 2.23. The lowest BCUT2D eigenvalue weighted by Crippen LogP contribution is -1.97. The van der Waals surface area contributed by atoms with Gasteiger partial charge < -0.3 is 4.79 Å². The molecule has 0 radical (unpaired) electrons. The van der Waals surface area contributed by atoms with E-state index in [4.69, 9.17) is 0 Å². The van der Waals surface area contributed by atoms with Gasteiger partial charge in [-0.1, -0.05) is 35.9 Å². The van der Waals surface area contributed by atoms with Gasteiger partial charge in [-0.05, 0) is 25.5 Å². The molecule has 0 unspecified atom stereocenters. The molecular weight excluding hydrogens is 200 g/mol. The third-order valence-electron chi connectivity index (χ3n) is 2.23. The molecule has 0 aliphatic rings. The predicted molar refractivity (Wildman–Crippen MR) is 65.1 cm³/mol. The molecule has 0 saturated heterocycles. The van der Waals surface area contributed by atoms with Crippen LogP contribution in [-0.4, -0.2) is 11.6 Å². The Morgan fingerprint density at radius 3 is 2.62 bits per heavy atom. The summed E-state index contributed by atoms with van der Waals surface area (Å²) in [6.07, 6.45) is 3.96. The van der Waals surface area contributed by atoms with Crippen molar-refractivity contribution in [3.8, 4) is 0 Å². The number of hydrogen-bond acceptors (Lipinski definition) is 2. The Labute approximate surface area is 96.0 Å². The molecule has 0 fully saturated rings. The van der Waals surface area contributed by atoms with E-state index in [2.05, 4.69) is 0 Å². The molecule has 84 valence electrons. The van der Waals surface area contributed by atoms with Crippen LogP contribution >= 0.6 is 0 Å². The summed E-state index contributed by atoms with van der Waals surface area (Å²) in [6.45, 7) is 3.51. The van der Waals surface area contributed by atoms with Gasteiger partial charge in [0.05, 0.1) is 0 Å². The lowest BCUT2D eigenvalue weighted by molar-refractivity contribution is -0.120. The summed E-state index contributed by atoms with van der Waals surface area (Å²) in [6, 6.07) is 7.92. The maximum absolute atomic E-state index is 11.4. The van der Waals surface area contributed by atoms with E-state index in [9.17, 15) is 9.59 Å². The summed E-state index contributed by atoms with van der Waals surface area (Å²) < 4.78 is 0. The number of aryl methyl sites for hydroxylation is 1. The number of rotatable bonds is 5. The van der Waals surface area contributed by atoms with E-state index in [1.54, 1.807) is 6.08 Å². The molecule has 0 N–H and O–H groups in total. The van der Waals surface area contributed by atoms with Gasteiger partial charge in [-0.2, -0.15) is 0 Å². The van der Waals surface area contributed by atoms with Crippen LogP contribution in [0.3, 0.4) is 0 Å². The minimum absolute atomic E-state index is 0.00305. The zero-order chi connectivity index (χ0) is 12.0. The molecule has 0 aliphatic carbocycles. The predicted octanol–water partition coefficient (Wildman–Crippen LogP) is 2.95. The molecule has 0 heterocycles. The van der Waals surface area contributed by atoms with E-state index >= 15 is 0 Å². The standard InChI is InChI=1S/C14H16O2/c1-11-4-3-5-13(10-11)7-9-14(16)8-6-12(2)15/h3-5,7,9-10H,6,8H2,1-2H3/b9-7+. The first-order valence-electron chi connectivity index (χ1n) is 5.35. The molecule has 0 atom stereocenters. The second-order valence-corrected chi connectivity index (χ2v) is 3.92. The monoisotopic (exact) mass is 216 g/mol. The lowest BCUT2D eigenvalue weighted by atomic mass is 10.1. The van der Waals surface area contributed by atoms with Gasteiger partial charge in [-0.3, -0.25) is 4.79 Å². The van der Waals surface area contributed by atoms with Gasteiger partial charge in [-0.15, -0.1) is 0 Å². The first-order chi connectivity index (χ1) is 7.58. The third-order valence-corrected chi connectivity index (χ3v) is 2.23. The Bertz CT molecular complexity index is 416. The smallest absolute Gasteiger partial charge is 0.156 e. The van der Waals surface area contributed by atoms with E-state index in [1.165, 1.54) is 18.6 Å². The highest BCUT2D eigenvalue weighted by molar-refractivity contribution is 5.95. The van der Waals surface area contributed by atoms with Crippen molar-refractivity contribution in [2.75, 3.05) is 0 Å². The average molecular weight is 216 g/mol. The minimum Gasteiger partial charge on any atom is -0.300 e. The highest BCUT2D eigenvalue weighted by atomic mass is 16.1. The molecule has 0 bridgehead atoms. The molecule has 0 amide bonds. The summed E-state index contributed by atoms with van der Waals surface area (Å²) in [5.41, 5.74) is 2.18. The molecular formula is C14H16O2. The van der Waals surface area contributed by atoms with Crippen LogP contribution in [0.1, 0.15) is 30.9 Å². The number of carbonyl (C=O) groups excluding carboxylic acids is 2. The number of benzene rings is 1. The highest BCUT2D eigenvalue weighted by Crippen LogP contribution is 2.06. The second kappa shape index (κ2) is 6.01. The van der Waals surface area contributed by atoms with Gasteiger partial charge in [0.15, 0.2) is 5.78 Å². The Morgan fingerprint density at radius 1 is 1.25 bits per heavy atom. The number of hydrogen-bond donors (Lipinski definition) is 0. The van der Waals surface area contributed by atoms with Gasteiger partial charge in [-0.25, -0.2) is 0 Å². The molecule has 0 saturated carbocycles. The van der Waals surface area contributed by atoms with E-state index < -0.39 is 0 Å². The number of carbonyl (C=O) groups is 2. The van der Waals surface area contributed by atoms with Gasteiger partial charge >= 0.3 is 0 Å². The summed E-state index contributed by atoms with van der Waals surface area (Å²) in [4.78, 5) is 22.1. The van der Waals surface area contributed by atoms with Crippen LogP contribution in [0.15, 0.2) is 30.3 Å². The van der Waals surface area contributed by atoms with Crippen molar-refractivity contribution in [2.45, 2.75) is 26.7 Å². The van der Waals surface area contributed by atoms with Crippen molar-refractivity contribution in [1.82, 2.24) is 0 Å². The number of Topliss-reactive ketones (excluding diaryl/α,β-unsaturated/α-hetero) is 1. The molecule has 1 rings (SSSR count). The van der Waals surface area contributed by atoms with Crippen LogP contribution in [0.5, 0.6) is 0 Å². The Kier molecular flexibility index (Phi) is 4.65. The van der Waals surface area contributed by atoms with E-state index in [0.717, 1.165) is 5.56 Å². The molecule has 0 spiro atoms. The Balaban J connectivity index is 2.53. The quantitative estimate of drug-likeness (QED) is 0.709. The summed E-state index contributed by atoms with van der Waals surface area (Å²) >= 11 is 0. The molecule has 2 heteroatoms. The van der Waals surface area contributed by atoms with Crippen molar-refractivity contribution in [1.29, 1.82) is 0 Å². The van der Waals surface area contributed by atoms with E-state index in [1.807, 2.05) is 31.2 Å². The van der Waals surface area contributed by atoms with E-state index in [0.29, 0.717) is 12.8 Å². The number of ketones is 2. The first-order valence-corrected chi connectivity index (χ1v) is 5.35. The molecule has 0 aliphatic heterocycles. The zero-order valence-electron chi connectivity index (χ0n) is 9.69. The molecule has 2 nitrogen and oxygen atoms in total. The molecule has 1 aromatic carbocycles. The number of allylic oxidation sites excluding steroid dienone is 1. The summed E-state index contributed by atoms with van der Waals surface area (Å²) in [7, 11) is 0. The van der Waals surface area contributed by atoms with Crippen molar-refractivity contribution in [3.63, 3.8) is 0 Å². The first kappa shape index (κ1) is 12.4. The third kappa shape index (κ3) is 4.69. The Morgan fingerprint density at radius 2 is 2.00 bits per heavy atom. The zero-order valence-corrected chi connectivity index (χ0v) is 9.69. The summed E-state index contributed by atoms with van der Waals surface area (Å²) in [5.74, 6) is 0.0500. The van der Waals surface area contributed by atoms with Crippen molar-refractivity contribution in [2.24, 2.45) is 0 Å². The second-order valence-electron chi connectivity index (χ2n) is 3.92. The van der Waals surface area contributed by atoms with Crippen LogP contribution in [0.25, 0.3) is 6.08 Å². The van der Waals surface area contributed by atoms with Gasteiger partial charge in [0.25, 0.3) is 0 Å². The summed E-state index contributed by atoms with van der Waals surface area (Å²) in [5, 5.41) is 0. The fourth-order valence-corrected chi connectivity index (χ4v) is 1.35. The molecule has 16 heavy (non-hydrogen) atoms. The normalized spacial score (nSPS) is 10.6. The minimum atomic E-state index is -0.00305. The van der Waals surface area contributed by atoms with Gasteiger partial charge in [0.1, 0.15) is 5.78 Å². The SMILES string of the molecule is CC(=O)CCC(=O)/C=C/c1cccc(C)c1. The topological polar surface area (TPSA) is 34.1 Å². The van der Waals surface area contributed by atoms with E-state index in [-0.39, 0.29) is 11.6 Å². The van der Waals surface area contributed by atoms with Gasteiger partial charge in [0.2, 0.25) is 0 Å². The fraction of sp³-hybridized carbons (Fsp3) is 0.286. The largest absolute Gasteiger partial charge is 0.300 e. The Hall–Kier alpha value is -1.70. The van der Waals surface area contributed by atoms with Crippen molar-refractivity contribution in [3.05, 3.63) is 41.5 Å². The lowest BCUT2D eigenvalue weighted by Gasteiger charge is -1.95. The van der Waals surface area contributed by atoms with Crippen LogP contribution in [-0.2, 0) is 9.59 Å². The van der Waals surface area contributed by atoms with Crippen molar-refractivity contribution >= 4 is 17.6 Å². The maximum atomic E-state index is 11.4. The van der Waals surface area contributed by atoms with Crippen LogP contribution in [0.4, 0.5) is 0 Å². The van der Waals surface area contributed by atoms with Crippen molar-refractivity contribution < 1.29 is 9.59 Å². The van der Waals surface area contributed by atoms with Gasteiger partial charge in [0, 0.05) is 12.8 Å². The van der Waals surface area contributed by atoms with Crippen LogP contribution in [0, 0.1) is 6.92 Å². The van der Waals surface area contributed by atoms with Crippen LogP contribution in [0.2, 0.25) is 0 Å². The molecule has 0 aromatic heterocycles. The molecule has 1 aromatic rings. The highest BCUT2D eigenvalue weighted by Gasteiger charge is 1.99.